The number of carbonyl (C=O) groups is 1. The number of esters is 1. The van der Waals surface area contributed by atoms with Gasteiger partial charge in [0.1, 0.15) is 5.75 Å². The summed E-state index contributed by atoms with van der Waals surface area (Å²) in [5, 5.41) is 1.63. The maximum absolute atomic E-state index is 13.2. The maximum Gasteiger partial charge on any atom is 0.337 e. The van der Waals surface area contributed by atoms with Crippen molar-refractivity contribution in [3.05, 3.63) is 172 Å². The second kappa shape index (κ2) is 15.6. The molecule has 0 saturated carbocycles. The minimum absolute atomic E-state index is 0.0987. The lowest BCUT2D eigenvalue weighted by molar-refractivity contribution is 0.0600. The highest BCUT2D eigenvalue weighted by molar-refractivity contribution is 7.88. The van der Waals surface area contributed by atoms with Crippen molar-refractivity contribution in [3.63, 3.8) is 0 Å². The molecule has 1 N–H and O–H groups in total. The summed E-state index contributed by atoms with van der Waals surface area (Å²) in [6.45, 7) is 0.561. The molecular weight excluding hydrogens is 656 g/mol. The average molecular weight is 693 g/mol. The Bertz CT molecular complexity index is 2080. The molecule has 0 spiro atoms. The second-order valence-corrected chi connectivity index (χ2v) is 13.9. The molecule has 0 aliphatic heterocycles. The number of methoxy groups -OCH3 is 1. The lowest BCUT2D eigenvalue weighted by Gasteiger charge is -2.25. The molecule has 7 nitrogen and oxygen atoms in total. The fourth-order valence-electron chi connectivity index (χ4n) is 6.26. The van der Waals surface area contributed by atoms with Crippen molar-refractivity contribution in [3.8, 4) is 5.75 Å². The highest BCUT2D eigenvalue weighted by Crippen LogP contribution is 2.38. The molecule has 0 aliphatic carbocycles. The summed E-state index contributed by atoms with van der Waals surface area (Å²) in [7, 11) is -2.24. The zero-order chi connectivity index (χ0) is 34.2. The van der Waals surface area contributed by atoms with Crippen LogP contribution in [0.25, 0.3) is 10.9 Å². The van der Waals surface area contributed by atoms with Crippen LogP contribution in [-0.4, -0.2) is 39.2 Å². The lowest BCUT2D eigenvalue weighted by Crippen LogP contribution is -2.28. The molecule has 0 amide bonds. The molecule has 6 rings (SSSR count). The Morgan fingerprint density at radius 1 is 0.796 bits per heavy atom. The topological polar surface area (TPSA) is 86.6 Å². The van der Waals surface area contributed by atoms with Crippen LogP contribution in [0.5, 0.6) is 5.75 Å². The Morgan fingerprint density at radius 2 is 1.41 bits per heavy atom. The van der Waals surface area contributed by atoms with Gasteiger partial charge in [0.15, 0.2) is 0 Å². The van der Waals surface area contributed by atoms with Crippen molar-refractivity contribution in [1.29, 1.82) is 0 Å². The van der Waals surface area contributed by atoms with Gasteiger partial charge in [0.25, 0.3) is 0 Å². The number of hydrogen-bond donors (Lipinski definition) is 1. The Hall–Kier alpha value is -4.89. The van der Waals surface area contributed by atoms with Crippen LogP contribution in [0.4, 0.5) is 0 Å². The van der Waals surface area contributed by atoms with Crippen molar-refractivity contribution in [2.24, 2.45) is 0 Å². The first-order chi connectivity index (χ1) is 23.8. The normalized spacial score (nSPS) is 11.6. The van der Waals surface area contributed by atoms with E-state index in [4.69, 9.17) is 21.1 Å². The molecule has 250 valence electrons. The van der Waals surface area contributed by atoms with Gasteiger partial charge in [-0.25, -0.2) is 17.9 Å². The Labute approximate surface area is 292 Å². The van der Waals surface area contributed by atoms with Gasteiger partial charge in [0.2, 0.25) is 10.0 Å². The van der Waals surface area contributed by atoms with Crippen LogP contribution in [0.1, 0.15) is 44.3 Å². The van der Waals surface area contributed by atoms with Crippen LogP contribution in [0.15, 0.2) is 133 Å². The predicted octanol–water partition coefficient (Wildman–Crippen LogP) is 8.00. The van der Waals surface area contributed by atoms with Crippen molar-refractivity contribution >= 4 is 38.5 Å². The van der Waals surface area contributed by atoms with Crippen molar-refractivity contribution in [2.75, 3.05) is 20.3 Å². The summed E-state index contributed by atoms with van der Waals surface area (Å²) in [5.74, 6) is 0.119. The third-order valence-corrected chi connectivity index (χ3v) is 10.0. The van der Waals surface area contributed by atoms with Gasteiger partial charge >= 0.3 is 5.97 Å². The number of halogens is 1. The quantitative estimate of drug-likeness (QED) is 0.117. The molecule has 0 atom stereocenters. The van der Waals surface area contributed by atoms with Crippen LogP contribution in [-0.2, 0) is 33.4 Å². The summed E-state index contributed by atoms with van der Waals surface area (Å²) in [4.78, 5) is 11.9. The van der Waals surface area contributed by atoms with E-state index in [9.17, 15) is 13.2 Å². The second-order valence-electron chi connectivity index (χ2n) is 11.7. The Kier molecular flexibility index (Phi) is 10.8. The van der Waals surface area contributed by atoms with E-state index in [1.54, 1.807) is 24.3 Å². The molecule has 5 aromatic carbocycles. The number of nitrogens with zero attached hydrogens (tertiary/aromatic N) is 1. The largest absolute Gasteiger partial charge is 0.493 e. The van der Waals surface area contributed by atoms with Crippen LogP contribution in [0.3, 0.4) is 0 Å². The first-order valence-corrected chi connectivity index (χ1v) is 18.1. The predicted molar refractivity (Wildman–Crippen MR) is 195 cm³/mol. The number of nitrogens with one attached hydrogen (secondary N) is 1. The summed E-state index contributed by atoms with van der Waals surface area (Å²) in [6, 6.07) is 42.3. The number of fused-ring (bicyclic) bond motifs is 1. The van der Waals surface area contributed by atoms with E-state index in [1.807, 2.05) is 84.9 Å². The molecule has 0 unspecified atom stereocenters. The maximum atomic E-state index is 13.2. The van der Waals surface area contributed by atoms with Gasteiger partial charge in [-0.1, -0.05) is 109 Å². The van der Waals surface area contributed by atoms with Gasteiger partial charge in [0.05, 0.1) is 36.6 Å². The first-order valence-electron chi connectivity index (χ1n) is 16.1. The van der Waals surface area contributed by atoms with Crippen LogP contribution in [0.2, 0.25) is 5.02 Å². The van der Waals surface area contributed by atoms with Gasteiger partial charge < -0.3 is 14.0 Å². The van der Waals surface area contributed by atoms with E-state index in [2.05, 4.69) is 33.6 Å². The van der Waals surface area contributed by atoms with Gasteiger partial charge in [-0.05, 0) is 58.7 Å². The number of sulfonamides is 1. The smallest absolute Gasteiger partial charge is 0.337 e. The van der Waals surface area contributed by atoms with E-state index in [0.29, 0.717) is 35.8 Å². The summed E-state index contributed by atoms with van der Waals surface area (Å²) < 4.78 is 42.5. The summed E-state index contributed by atoms with van der Waals surface area (Å²) >= 11 is 6.66. The molecule has 0 aliphatic rings. The fourth-order valence-corrected chi connectivity index (χ4v) is 7.57. The van der Waals surface area contributed by atoms with Gasteiger partial charge in [-0.3, -0.25) is 0 Å². The zero-order valence-electron chi connectivity index (χ0n) is 27.1. The molecule has 0 bridgehead atoms. The van der Waals surface area contributed by atoms with Crippen molar-refractivity contribution < 1.29 is 22.7 Å². The van der Waals surface area contributed by atoms with Gasteiger partial charge in [0, 0.05) is 35.5 Å². The number of rotatable bonds is 14. The molecule has 0 fully saturated rings. The summed E-state index contributed by atoms with van der Waals surface area (Å²) in [6.07, 6.45) is 0.978. The molecular formula is C40H37ClN2O5S. The third-order valence-electron chi connectivity index (χ3n) is 8.45. The van der Waals surface area contributed by atoms with E-state index in [0.717, 1.165) is 38.9 Å². The number of hydrogen-bond acceptors (Lipinski definition) is 5. The Morgan fingerprint density at radius 3 is 2.02 bits per heavy atom. The standard InChI is InChI=1S/C40H37ClN2O5S/c1-47-40(44)32-17-20-34(21-18-32)48-26-24-36-35-22-19-33(41)27-38(35)43(39(30-13-7-3-8-14-30)31-15-9-4-10-16-31)37(36)23-25-42-49(45,46)28-29-11-5-2-6-12-29/h2-22,27,39,42H,23-26,28H2,1H3. The third kappa shape index (κ3) is 8.23. The van der Waals surface area contributed by atoms with E-state index in [-0.39, 0.29) is 18.3 Å². The molecule has 0 saturated heterocycles. The van der Waals surface area contributed by atoms with Crippen LogP contribution in [0, 0.1) is 0 Å². The van der Waals surface area contributed by atoms with E-state index < -0.39 is 16.0 Å². The number of ether oxygens (including phenoxy) is 2. The SMILES string of the molecule is COC(=O)c1ccc(OCCc2c(CCNS(=O)(=O)Cc3ccccc3)n(C(c3ccccc3)c3ccccc3)c3cc(Cl)ccc23)cc1. The number of carbonyl (C=O) groups excluding carboxylic acids is 1. The van der Waals surface area contributed by atoms with Crippen molar-refractivity contribution in [1.82, 2.24) is 9.29 Å². The monoisotopic (exact) mass is 692 g/mol. The average Bonchev–Trinajstić information content (AvgIpc) is 3.40. The molecule has 1 heterocycles. The fraction of sp³-hybridized carbons (Fsp3) is 0.175. The molecule has 6 aromatic rings. The highest BCUT2D eigenvalue weighted by atomic mass is 35.5. The van der Waals surface area contributed by atoms with E-state index in [1.165, 1.54) is 7.11 Å². The van der Waals surface area contributed by atoms with Gasteiger partial charge in [-0.2, -0.15) is 0 Å². The van der Waals surface area contributed by atoms with Gasteiger partial charge in [-0.15, -0.1) is 0 Å². The van der Waals surface area contributed by atoms with E-state index >= 15 is 0 Å². The van der Waals surface area contributed by atoms with Crippen LogP contribution < -0.4 is 9.46 Å². The first kappa shape index (κ1) is 34.0. The van der Waals surface area contributed by atoms with Crippen LogP contribution >= 0.6 is 11.6 Å². The highest BCUT2D eigenvalue weighted by Gasteiger charge is 2.26. The molecule has 9 heteroatoms. The van der Waals surface area contributed by atoms with Crippen molar-refractivity contribution in [2.45, 2.75) is 24.6 Å². The minimum atomic E-state index is -3.59. The molecule has 1 aromatic heterocycles. The summed E-state index contributed by atoms with van der Waals surface area (Å²) in [5.41, 5.74) is 6.34. The zero-order valence-corrected chi connectivity index (χ0v) is 28.7. The number of aromatic nitrogens is 1. The lowest BCUT2D eigenvalue weighted by atomic mass is 9.97. The molecule has 0 radical (unpaired) electrons. The minimum Gasteiger partial charge on any atom is -0.493 e. The number of benzene rings is 5. The molecule has 49 heavy (non-hydrogen) atoms. The Balaban J connectivity index is 1.39.